The number of amides is 2. The van der Waals surface area contributed by atoms with Gasteiger partial charge in [-0.3, -0.25) is 19.2 Å². The second-order valence-electron chi connectivity index (χ2n) is 15.3. The number of alkyl halides is 6. The van der Waals surface area contributed by atoms with Gasteiger partial charge < -0.3 is 5.11 Å². The molecule has 1 N–H and O–H groups in total. The van der Waals surface area contributed by atoms with Gasteiger partial charge in [0.25, 0.3) is 0 Å². The van der Waals surface area contributed by atoms with E-state index in [1.807, 2.05) is 0 Å². The zero-order chi connectivity index (χ0) is 40.9. The molecule has 1 saturated carbocycles. The molecule has 0 aromatic heterocycles. The van der Waals surface area contributed by atoms with Crippen LogP contribution in [0.1, 0.15) is 46.6 Å². The molecule has 6 atom stereocenters. The number of carbonyl (C=O) groups excluding carboxylic acids is 4. The molecule has 0 bridgehead atoms. The summed E-state index contributed by atoms with van der Waals surface area (Å²) in [5.74, 6) is -8.81. The van der Waals surface area contributed by atoms with E-state index in [9.17, 15) is 41.0 Å². The average Bonchev–Trinajstić information content (AvgIpc) is 3.47. The van der Waals surface area contributed by atoms with Crippen LogP contribution in [0.5, 0.6) is 5.75 Å². The van der Waals surface area contributed by atoms with Crippen LogP contribution in [0.15, 0.2) is 133 Å². The van der Waals surface area contributed by atoms with Crippen molar-refractivity contribution in [3.63, 3.8) is 0 Å². The maximum atomic E-state index is 15.3. The van der Waals surface area contributed by atoms with Gasteiger partial charge in [0.2, 0.25) is 11.8 Å². The van der Waals surface area contributed by atoms with E-state index in [0.29, 0.717) is 44.5 Å². The van der Waals surface area contributed by atoms with Gasteiger partial charge in [-0.05, 0) is 59.5 Å². The Bertz CT molecular complexity index is 2600. The molecule has 2 fully saturated rings. The topological polar surface area (TPSA) is 91.8 Å². The monoisotopic (exact) mass is 791 g/mol. The summed E-state index contributed by atoms with van der Waals surface area (Å²) in [5.41, 5.74) is -4.11. The number of allylic oxidation sites excluding steroid dienone is 4. The molecule has 1 heterocycles. The highest BCUT2D eigenvalue weighted by Gasteiger charge is 2.66. The van der Waals surface area contributed by atoms with E-state index in [4.69, 9.17) is 0 Å². The van der Waals surface area contributed by atoms with E-state index in [1.54, 1.807) is 103 Å². The van der Waals surface area contributed by atoms with Gasteiger partial charge in [-0.1, -0.05) is 109 Å². The average molecular weight is 792 g/mol. The maximum absolute atomic E-state index is 15.3. The van der Waals surface area contributed by atoms with Crippen molar-refractivity contribution in [2.24, 2.45) is 23.7 Å². The molecule has 6 nitrogen and oxygen atoms in total. The van der Waals surface area contributed by atoms with E-state index in [-0.39, 0.29) is 35.8 Å². The first kappa shape index (κ1) is 37.3. The molecule has 0 spiro atoms. The zero-order valence-electron chi connectivity index (χ0n) is 30.2. The summed E-state index contributed by atoms with van der Waals surface area (Å²) in [5, 5.41) is 13.3. The van der Waals surface area contributed by atoms with Crippen LogP contribution in [-0.2, 0) is 36.9 Å². The molecular formula is C46H31F6NO5. The number of hydrogen-bond donors (Lipinski definition) is 1. The van der Waals surface area contributed by atoms with Crippen molar-refractivity contribution < 1.29 is 50.6 Å². The Hall–Kier alpha value is -6.30. The third kappa shape index (κ3) is 5.48. The quantitative estimate of drug-likeness (QED) is 0.111. The summed E-state index contributed by atoms with van der Waals surface area (Å²) in [6.07, 6.45) is -7.75. The molecule has 4 aliphatic rings. The van der Waals surface area contributed by atoms with E-state index in [2.05, 4.69) is 0 Å². The molecule has 5 aromatic carbocycles. The fourth-order valence-corrected chi connectivity index (χ4v) is 10.0. The number of aromatic hydroxyl groups is 1. The summed E-state index contributed by atoms with van der Waals surface area (Å²) in [7, 11) is 0. The largest absolute Gasteiger partial charge is 0.507 e. The summed E-state index contributed by atoms with van der Waals surface area (Å²) in [4.78, 5) is 59.6. The number of nitrogens with zero attached hydrogens (tertiary/aromatic N) is 1. The Labute approximate surface area is 327 Å². The Kier molecular flexibility index (Phi) is 8.43. The third-order valence-electron chi connectivity index (χ3n) is 12.4. The minimum absolute atomic E-state index is 0.0737. The number of Topliss-reactive ketones (excluding diaryl/α,β-unsaturated/α-hetero) is 1. The number of anilines is 1. The minimum atomic E-state index is -5.24. The molecule has 58 heavy (non-hydrogen) atoms. The van der Waals surface area contributed by atoms with Crippen LogP contribution in [0.3, 0.4) is 0 Å². The first-order chi connectivity index (χ1) is 27.6. The lowest BCUT2D eigenvalue weighted by atomic mass is 9.44. The number of imide groups is 1. The van der Waals surface area contributed by atoms with Gasteiger partial charge in [0.1, 0.15) is 5.75 Å². The molecule has 1 aliphatic heterocycles. The van der Waals surface area contributed by atoms with E-state index in [0.717, 1.165) is 0 Å². The molecule has 0 radical (unpaired) electrons. The Morgan fingerprint density at radius 1 is 0.690 bits per heavy atom. The molecule has 12 heteroatoms. The van der Waals surface area contributed by atoms with Gasteiger partial charge in [0, 0.05) is 28.4 Å². The summed E-state index contributed by atoms with van der Waals surface area (Å²) in [6, 6.07) is 28.3. The summed E-state index contributed by atoms with van der Waals surface area (Å²) < 4.78 is 83.9. The molecular weight excluding hydrogens is 760 g/mol. The number of phenols is 1. The summed E-state index contributed by atoms with van der Waals surface area (Å²) >= 11 is 0. The lowest BCUT2D eigenvalue weighted by Gasteiger charge is -2.55. The molecule has 0 unspecified atom stereocenters. The van der Waals surface area contributed by atoms with Crippen LogP contribution in [0.4, 0.5) is 32.0 Å². The van der Waals surface area contributed by atoms with Crippen LogP contribution in [0, 0.1) is 23.7 Å². The van der Waals surface area contributed by atoms with Crippen LogP contribution in [-0.4, -0.2) is 28.5 Å². The number of carbonyl (C=O) groups is 4. The van der Waals surface area contributed by atoms with Crippen molar-refractivity contribution in [2.75, 3.05) is 4.90 Å². The van der Waals surface area contributed by atoms with Gasteiger partial charge in [-0.2, -0.15) is 26.3 Å². The third-order valence-corrected chi connectivity index (χ3v) is 12.4. The number of benzene rings is 5. The van der Waals surface area contributed by atoms with Crippen LogP contribution in [0.25, 0.3) is 16.3 Å². The SMILES string of the molecule is O=C1C(c2ccccc2)=CC(=O)[C@@]2(c3ccccc3)[C@@H](c3ccc4ccccc4c3O)C3=CC[C@@H]4C(=O)N(c5cc(C(F)(F)F)cc(C(F)(F)F)c5)C(=O)[C@@H]4[C@@H]3C[C@@H]12. The highest BCUT2D eigenvalue weighted by Crippen LogP contribution is 2.65. The predicted octanol–water partition coefficient (Wildman–Crippen LogP) is 9.61. The normalized spacial score (nSPS) is 25.9. The van der Waals surface area contributed by atoms with Crippen LogP contribution >= 0.6 is 0 Å². The van der Waals surface area contributed by atoms with Crippen molar-refractivity contribution in [1.82, 2.24) is 0 Å². The van der Waals surface area contributed by atoms with E-state index >= 15 is 9.59 Å². The van der Waals surface area contributed by atoms with Crippen molar-refractivity contribution in [2.45, 2.75) is 36.5 Å². The van der Waals surface area contributed by atoms with Crippen molar-refractivity contribution in [3.8, 4) is 5.75 Å². The first-order valence-corrected chi connectivity index (χ1v) is 18.6. The van der Waals surface area contributed by atoms with Crippen molar-refractivity contribution in [3.05, 3.63) is 161 Å². The Balaban J connectivity index is 1.27. The maximum Gasteiger partial charge on any atom is 0.416 e. The molecule has 1 saturated heterocycles. The van der Waals surface area contributed by atoms with Gasteiger partial charge in [-0.25, -0.2) is 4.90 Å². The van der Waals surface area contributed by atoms with Crippen molar-refractivity contribution >= 4 is 45.4 Å². The number of rotatable bonds is 4. The number of halogens is 6. The van der Waals surface area contributed by atoms with E-state index < -0.39 is 87.6 Å². The van der Waals surface area contributed by atoms with Gasteiger partial charge in [0.15, 0.2) is 11.6 Å². The van der Waals surface area contributed by atoms with Gasteiger partial charge in [-0.15, -0.1) is 0 Å². The second-order valence-corrected chi connectivity index (χ2v) is 15.3. The van der Waals surface area contributed by atoms with Crippen molar-refractivity contribution in [1.29, 1.82) is 0 Å². The minimum Gasteiger partial charge on any atom is -0.507 e. The van der Waals surface area contributed by atoms with Crippen LogP contribution < -0.4 is 4.90 Å². The highest BCUT2D eigenvalue weighted by molar-refractivity contribution is 6.32. The molecule has 292 valence electrons. The Morgan fingerprint density at radius 3 is 1.97 bits per heavy atom. The number of ketones is 2. The lowest BCUT2D eigenvalue weighted by molar-refractivity contribution is -0.143. The number of fused-ring (bicyclic) bond motifs is 5. The predicted molar refractivity (Wildman–Crippen MR) is 201 cm³/mol. The lowest BCUT2D eigenvalue weighted by Crippen LogP contribution is -2.58. The summed E-state index contributed by atoms with van der Waals surface area (Å²) in [6.45, 7) is 0. The van der Waals surface area contributed by atoms with E-state index in [1.165, 1.54) is 6.08 Å². The second kappa shape index (κ2) is 13.1. The number of phenolic OH excluding ortho intramolecular Hbond substituents is 1. The molecule has 9 rings (SSSR count). The molecule has 5 aromatic rings. The molecule has 2 amide bonds. The zero-order valence-corrected chi connectivity index (χ0v) is 30.2. The Morgan fingerprint density at radius 2 is 1.31 bits per heavy atom. The number of hydrogen-bond acceptors (Lipinski definition) is 5. The smallest absolute Gasteiger partial charge is 0.416 e. The first-order valence-electron chi connectivity index (χ1n) is 18.6. The highest BCUT2D eigenvalue weighted by atomic mass is 19.4. The fourth-order valence-electron chi connectivity index (χ4n) is 10.0. The standard InChI is InChI=1S/C46H31F6NO5/c47-45(48,49)27-19-28(46(50,51)52)21-29(20-27)53-42(57)32-18-17-31-35(38(32)43(53)58)22-36-41(56)34(24-9-3-1-4-10-24)23-37(54)44(36,26-12-5-2-6-13-26)39(31)33-16-15-25-11-7-8-14-30(25)40(33)55/h1-17,19-21,23,32,35-36,38-39,55H,18,22H2/t32-,35+,36-,38-,39+,44-/m0/s1. The van der Waals surface area contributed by atoms with Gasteiger partial charge >= 0.3 is 12.4 Å². The van der Waals surface area contributed by atoms with Gasteiger partial charge in [0.05, 0.1) is 34.1 Å². The van der Waals surface area contributed by atoms with Crippen LogP contribution in [0.2, 0.25) is 0 Å². The molecule has 3 aliphatic carbocycles. The fraction of sp³-hybridized carbons (Fsp3) is 0.217.